The predicted octanol–water partition coefficient (Wildman–Crippen LogP) is 5.60. The van der Waals surface area contributed by atoms with Gasteiger partial charge in [0, 0.05) is 27.8 Å². The van der Waals surface area contributed by atoms with Gasteiger partial charge in [-0.2, -0.15) is 0 Å². The Bertz CT molecular complexity index is 878. The molecule has 0 heterocycles. The molecule has 3 heteroatoms. The average Bonchev–Trinajstić information content (AvgIpc) is 2.72. The molecule has 0 spiro atoms. The van der Waals surface area contributed by atoms with Gasteiger partial charge in [-0.25, -0.2) is 0 Å². The molecule has 0 fully saturated rings. The molecule has 2 nitrogen and oxygen atoms in total. The predicted molar refractivity (Wildman–Crippen MR) is 113 cm³/mol. The van der Waals surface area contributed by atoms with Crippen LogP contribution in [0.15, 0.2) is 101 Å². The maximum atomic E-state index is 14.4. The molecular formula is C23H24NOP. The first kappa shape index (κ1) is 18.4. The van der Waals surface area contributed by atoms with Gasteiger partial charge in [0.2, 0.25) is 0 Å². The summed E-state index contributed by atoms with van der Waals surface area (Å²) in [6.45, 7) is 3.97. The molecule has 0 N–H and O–H groups in total. The summed E-state index contributed by atoms with van der Waals surface area (Å²) < 4.78 is 14.4. The Morgan fingerprint density at radius 3 is 2.12 bits per heavy atom. The normalized spacial score (nSPS) is 15.7. The SMILES string of the molecule is C/C=C\N=C(C)C1=CC(P(=O)(c2ccccc2)c2ccccc2)=CCC1. The molecule has 2 aromatic carbocycles. The Balaban J connectivity index is 2.13. The Morgan fingerprint density at radius 2 is 1.58 bits per heavy atom. The second kappa shape index (κ2) is 8.29. The first-order valence-corrected chi connectivity index (χ1v) is 10.7. The van der Waals surface area contributed by atoms with Crippen molar-refractivity contribution in [3.8, 4) is 0 Å². The van der Waals surface area contributed by atoms with Gasteiger partial charge in [0.05, 0.1) is 0 Å². The Hall–Kier alpha value is -2.44. The number of aliphatic imine (C=N–C) groups is 1. The number of hydrogen-bond donors (Lipinski definition) is 0. The van der Waals surface area contributed by atoms with Crippen LogP contribution in [0.5, 0.6) is 0 Å². The maximum absolute atomic E-state index is 14.4. The fourth-order valence-electron chi connectivity index (χ4n) is 3.18. The average molecular weight is 361 g/mol. The van der Waals surface area contributed by atoms with Gasteiger partial charge in [-0.05, 0) is 38.3 Å². The summed E-state index contributed by atoms with van der Waals surface area (Å²) in [5.74, 6) is 0. The van der Waals surface area contributed by atoms with Crippen molar-refractivity contribution in [3.05, 3.63) is 96.0 Å². The van der Waals surface area contributed by atoms with Crippen molar-refractivity contribution in [2.75, 3.05) is 0 Å². The molecule has 0 unspecified atom stereocenters. The minimum Gasteiger partial charge on any atom is -0.309 e. The molecule has 132 valence electrons. The third-order valence-corrected chi connectivity index (χ3v) is 7.66. The summed E-state index contributed by atoms with van der Waals surface area (Å²) in [4.78, 5) is 4.48. The number of nitrogens with zero attached hydrogens (tertiary/aromatic N) is 1. The highest BCUT2D eigenvalue weighted by molar-refractivity contribution is 7.82. The van der Waals surface area contributed by atoms with E-state index in [1.54, 1.807) is 0 Å². The van der Waals surface area contributed by atoms with Crippen molar-refractivity contribution < 1.29 is 4.57 Å². The van der Waals surface area contributed by atoms with Gasteiger partial charge in [0.1, 0.15) is 0 Å². The van der Waals surface area contributed by atoms with Crippen molar-refractivity contribution in [2.45, 2.75) is 26.7 Å². The van der Waals surface area contributed by atoms with Crippen LogP contribution in [0.4, 0.5) is 0 Å². The zero-order valence-corrected chi connectivity index (χ0v) is 16.2. The molecule has 0 saturated carbocycles. The van der Waals surface area contributed by atoms with Crippen LogP contribution in [0.2, 0.25) is 0 Å². The zero-order chi connectivity index (χ0) is 18.4. The van der Waals surface area contributed by atoms with Crippen molar-refractivity contribution in [2.24, 2.45) is 4.99 Å². The first-order valence-electron chi connectivity index (χ1n) is 8.95. The van der Waals surface area contributed by atoms with Gasteiger partial charge in [-0.1, -0.05) is 72.8 Å². The van der Waals surface area contributed by atoms with E-state index in [-0.39, 0.29) is 0 Å². The molecule has 0 atom stereocenters. The monoisotopic (exact) mass is 361 g/mol. The van der Waals surface area contributed by atoms with E-state index in [4.69, 9.17) is 0 Å². The van der Waals surface area contributed by atoms with E-state index in [9.17, 15) is 4.57 Å². The molecule has 0 aliphatic heterocycles. The summed E-state index contributed by atoms with van der Waals surface area (Å²) in [5, 5.41) is 2.65. The smallest absolute Gasteiger partial charge is 0.170 e. The van der Waals surface area contributed by atoms with Crippen LogP contribution in [0.1, 0.15) is 26.7 Å². The number of benzene rings is 2. The summed E-state index contributed by atoms with van der Waals surface area (Å²) >= 11 is 0. The Morgan fingerprint density at radius 1 is 1.00 bits per heavy atom. The van der Waals surface area contributed by atoms with Gasteiger partial charge >= 0.3 is 0 Å². The second-order valence-electron chi connectivity index (χ2n) is 6.31. The molecule has 0 bridgehead atoms. The highest BCUT2D eigenvalue weighted by atomic mass is 31.2. The topological polar surface area (TPSA) is 29.4 Å². The molecule has 0 amide bonds. The van der Waals surface area contributed by atoms with E-state index in [1.165, 1.54) is 0 Å². The molecule has 0 radical (unpaired) electrons. The lowest BCUT2D eigenvalue weighted by molar-refractivity contribution is 0.591. The number of hydrogen-bond acceptors (Lipinski definition) is 2. The molecule has 3 rings (SSSR count). The number of rotatable bonds is 5. The van der Waals surface area contributed by atoms with Crippen LogP contribution in [0.25, 0.3) is 0 Å². The lowest BCUT2D eigenvalue weighted by Gasteiger charge is -2.24. The van der Waals surface area contributed by atoms with Crippen LogP contribution < -0.4 is 10.6 Å². The standard InChI is InChI=1S/C23H24NOP/c1-3-17-24-19(2)20-11-10-16-23(18-20)26(25,21-12-6-4-7-13-21)22-14-8-5-9-15-22/h3-9,12-18H,10-11H2,1-2H3/b17-3-,24-19?. The number of allylic oxidation sites excluding steroid dienone is 5. The maximum Gasteiger partial charge on any atom is 0.170 e. The Kier molecular flexibility index (Phi) is 5.85. The fourth-order valence-corrected chi connectivity index (χ4v) is 5.98. The van der Waals surface area contributed by atoms with Crippen LogP contribution in [0, 0.1) is 0 Å². The lowest BCUT2D eigenvalue weighted by Crippen LogP contribution is -2.18. The van der Waals surface area contributed by atoms with Crippen LogP contribution in [0.3, 0.4) is 0 Å². The van der Waals surface area contributed by atoms with E-state index < -0.39 is 7.14 Å². The van der Waals surface area contributed by atoms with E-state index in [0.717, 1.165) is 40.0 Å². The molecule has 2 aromatic rings. The van der Waals surface area contributed by atoms with Crippen molar-refractivity contribution in [1.82, 2.24) is 0 Å². The Labute approximate surface area is 156 Å². The summed E-state index contributed by atoms with van der Waals surface area (Å²) in [5.41, 5.74) is 2.15. The van der Waals surface area contributed by atoms with E-state index >= 15 is 0 Å². The largest absolute Gasteiger partial charge is 0.309 e. The lowest BCUT2D eigenvalue weighted by atomic mass is 10.0. The third kappa shape index (κ3) is 3.71. The second-order valence-corrected chi connectivity index (χ2v) is 9.08. The van der Waals surface area contributed by atoms with Gasteiger partial charge in [-0.3, -0.25) is 4.99 Å². The summed E-state index contributed by atoms with van der Waals surface area (Å²) in [6.07, 6.45) is 9.76. The van der Waals surface area contributed by atoms with E-state index in [0.29, 0.717) is 0 Å². The van der Waals surface area contributed by atoms with Crippen molar-refractivity contribution in [1.29, 1.82) is 0 Å². The summed E-state index contributed by atoms with van der Waals surface area (Å²) in [6, 6.07) is 19.6. The first-order chi connectivity index (χ1) is 12.7. The van der Waals surface area contributed by atoms with Gasteiger partial charge in [0.25, 0.3) is 0 Å². The van der Waals surface area contributed by atoms with Gasteiger partial charge in [0.15, 0.2) is 7.14 Å². The minimum atomic E-state index is -2.89. The van der Waals surface area contributed by atoms with Gasteiger partial charge in [-0.15, -0.1) is 0 Å². The third-order valence-electron chi connectivity index (χ3n) is 4.57. The fraction of sp³-hybridized carbons (Fsp3) is 0.174. The van der Waals surface area contributed by atoms with Crippen LogP contribution in [-0.4, -0.2) is 5.71 Å². The van der Waals surface area contributed by atoms with Crippen molar-refractivity contribution in [3.63, 3.8) is 0 Å². The van der Waals surface area contributed by atoms with E-state index in [1.807, 2.05) is 86.8 Å². The zero-order valence-electron chi connectivity index (χ0n) is 15.3. The quantitative estimate of drug-likeness (QED) is 0.503. The van der Waals surface area contributed by atoms with E-state index in [2.05, 4.69) is 17.1 Å². The highest BCUT2D eigenvalue weighted by Crippen LogP contribution is 2.53. The molecule has 1 aliphatic carbocycles. The van der Waals surface area contributed by atoms with Gasteiger partial charge < -0.3 is 4.57 Å². The van der Waals surface area contributed by atoms with Crippen LogP contribution >= 0.6 is 7.14 Å². The minimum absolute atomic E-state index is 0.873. The molecule has 0 aromatic heterocycles. The molecule has 1 aliphatic rings. The molecule has 0 saturated heterocycles. The molecule has 26 heavy (non-hydrogen) atoms. The highest BCUT2D eigenvalue weighted by Gasteiger charge is 2.31. The van der Waals surface area contributed by atoms with Crippen molar-refractivity contribution >= 4 is 23.5 Å². The van der Waals surface area contributed by atoms with Crippen LogP contribution in [-0.2, 0) is 4.57 Å². The molecular weight excluding hydrogens is 337 g/mol. The summed E-state index contributed by atoms with van der Waals surface area (Å²) in [7, 11) is -2.89.